The zero-order chi connectivity index (χ0) is 8.97. The molecule has 0 unspecified atom stereocenters. The van der Waals surface area contributed by atoms with Gasteiger partial charge >= 0.3 is 0 Å². The second-order valence-corrected chi connectivity index (χ2v) is 2.77. The van der Waals surface area contributed by atoms with Crippen LogP contribution in [-0.4, -0.2) is 23.8 Å². The lowest BCUT2D eigenvalue weighted by atomic mass is 10.1. The van der Waals surface area contributed by atoms with Crippen molar-refractivity contribution >= 4 is 22.8 Å². The number of rotatable bonds is 3. The highest BCUT2D eigenvalue weighted by Crippen LogP contribution is 2.07. The van der Waals surface area contributed by atoms with Crippen molar-refractivity contribution in [1.82, 2.24) is 4.90 Å². The van der Waals surface area contributed by atoms with Gasteiger partial charge in [-0.3, -0.25) is 4.79 Å². The Hall–Kier alpha value is -0.830. The van der Waals surface area contributed by atoms with Crippen molar-refractivity contribution in [3.05, 3.63) is 36.6 Å². The third-order valence-electron chi connectivity index (χ3n) is 1.78. The lowest BCUT2D eigenvalue weighted by Crippen LogP contribution is -2.20. The minimum atomic E-state index is 0. The van der Waals surface area contributed by atoms with Gasteiger partial charge in [0.15, 0.2) is 5.78 Å². The first-order chi connectivity index (χ1) is 5.74. The summed E-state index contributed by atoms with van der Waals surface area (Å²) < 4.78 is 0. The van der Waals surface area contributed by atoms with Crippen LogP contribution in [0.1, 0.15) is 6.92 Å². The van der Waals surface area contributed by atoms with Crippen molar-refractivity contribution in [3.8, 4) is 0 Å². The monoisotopic (exact) mass is 243 g/mol. The summed E-state index contributed by atoms with van der Waals surface area (Å²) in [4.78, 5) is 13.0. The predicted octanol–water partition coefficient (Wildman–Crippen LogP) is 2.09. The van der Waals surface area contributed by atoms with Crippen molar-refractivity contribution in [2.75, 3.05) is 13.1 Å². The molecule has 0 bridgehead atoms. The van der Waals surface area contributed by atoms with Crippen molar-refractivity contribution in [3.63, 3.8) is 0 Å². The number of allylic oxidation sites excluding steroid dienone is 2. The second kappa shape index (κ2) is 5.75. The molecule has 3 heteroatoms. The van der Waals surface area contributed by atoms with E-state index in [9.17, 15) is 4.79 Å². The molecule has 0 N–H and O–H groups in total. The lowest BCUT2D eigenvalue weighted by molar-refractivity contribution is -0.113. The summed E-state index contributed by atoms with van der Waals surface area (Å²) in [5.74, 6) is 0.129. The number of carbonyl (C=O) groups is 1. The maximum absolute atomic E-state index is 10.9. The molecule has 0 aliphatic carbocycles. The van der Waals surface area contributed by atoms with Gasteiger partial charge in [-0.25, -0.2) is 0 Å². The fraction of sp³-hybridized carbons (Fsp3) is 0.300. The Bertz CT molecular complexity index is 256. The van der Waals surface area contributed by atoms with Crippen molar-refractivity contribution in [1.29, 1.82) is 0 Å². The molecule has 0 saturated carbocycles. The van der Waals surface area contributed by atoms with Gasteiger partial charge in [0.05, 0.1) is 0 Å². The molecule has 0 fully saturated rings. The highest BCUT2D eigenvalue weighted by molar-refractivity contribution is 8.93. The minimum Gasteiger partial charge on any atom is -0.370 e. The SMILES string of the molecule is Br.C=CCN1C=CC(C(C)=O)=CC1. The zero-order valence-electron chi connectivity index (χ0n) is 7.69. The highest BCUT2D eigenvalue weighted by Gasteiger charge is 2.05. The summed E-state index contributed by atoms with van der Waals surface area (Å²) >= 11 is 0. The van der Waals surface area contributed by atoms with E-state index in [-0.39, 0.29) is 22.8 Å². The molecule has 0 saturated heterocycles. The maximum atomic E-state index is 10.9. The molecule has 0 aromatic heterocycles. The van der Waals surface area contributed by atoms with Crippen LogP contribution in [0.2, 0.25) is 0 Å². The third-order valence-corrected chi connectivity index (χ3v) is 1.78. The van der Waals surface area contributed by atoms with Crippen LogP contribution in [0.4, 0.5) is 0 Å². The Labute approximate surface area is 89.4 Å². The van der Waals surface area contributed by atoms with E-state index in [1.165, 1.54) is 0 Å². The molecular weight excluding hydrogens is 230 g/mol. The smallest absolute Gasteiger partial charge is 0.159 e. The average molecular weight is 244 g/mol. The second-order valence-electron chi connectivity index (χ2n) is 2.77. The van der Waals surface area contributed by atoms with Gasteiger partial charge in [-0.1, -0.05) is 12.2 Å². The molecule has 0 radical (unpaired) electrons. The van der Waals surface area contributed by atoms with E-state index in [0.29, 0.717) is 0 Å². The Morgan fingerprint density at radius 2 is 2.46 bits per heavy atom. The van der Waals surface area contributed by atoms with Gasteiger partial charge in [-0.2, -0.15) is 0 Å². The largest absolute Gasteiger partial charge is 0.370 e. The average Bonchev–Trinajstić information content (AvgIpc) is 2.06. The van der Waals surface area contributed by atoms with Crippen LogP contribution in [-0.2, 0) is 4.79 Å². The standard InChI is InChI=1S/C10H13NO.BrH/c1-3-6-11-7-4-10(5-8-11)9(2)12;/h3-5,7H,1,6,8H2,2H3;1H. The number of carbonyl (C=O) groups excluding carboxylic acids is 1. The molecule has 2 nitrogen and oxygen atoms in total. The first-order valence-corrected chi connectivity index (χ1v) is 3.98. The molecule has 1 aliphatic heterocycles. The van der Waals surface area contributed by atoms with Crippen LogP contribution in [0.15, 0.2) is 36.6 Å². The van der Waals surface area contributed by atoms with Crippen LogP contribution in [0.5, 0.6) is 0 Å². The maximum Gasteiger partial charge on any atom is 0.159 e. The molecule has 0 atom stereocenters. The first kappa shape index (κ1) is 12.2. The number of hydrogen-bond acceptors (Lipinski definition) is 2. The van der Waals surface area contributed by atoms with Gasteiger partial charge in [0.25, 0.3) is 0 Å². The molecule has 1 rings (SSSR count). The van der Waals surface area contributed by atoms with Crippen molar-refractivity contribution in [2.45, 2.75) is 6.92 Å². The molecule has 72 valence electrons. The summed E-state index contributed by atoms with van der Waals surface area (Å²) in [6.07, 6.45) is 7.55. The molecule has 0 spiro atoms. The Morgan fingerprint density at radius 1 is 1.77 bits per heavy atom. The summed E-state index contributed by atoms with van der Waals surface area (Å²) in [7, 11) is 0. The van der Waals surface area contributed by atoms with E-state index in [0.717, 1.165) is 18.7 Å². The van der Waals surface area contributed by atoms with E-state index in [4.69, 9.17) is 0 Å². The Kier molecular flexibility index (Phi) is 5.39. The van der Waals surface area contributed by atoms with E-state index < -0.39 is 0 Å². The molecule has 0 aromatic carbocycles. The van der Waals surface area contributed by atoms with Gasteiger partial charge in [-0.15, -0.1) is 23.6 Å². The topological polar surface area (TPSA) is 20.3 Å². The van der Waals surface area contributed by atoms with E-state index in [2.05, 4.69) is 11.5 Å². The van der Waals surface area contributed by atoms with E-state index in [1.807, 2.05) is 24.4 Å². The van der Waals surface area contributed by atoms with Crippen LogP contribution in [0.25, 0.3) is 0 Å². The van der Waals surface area contributed by atoms with Gasteiger partial charge in [-0.05, 0) is 13.0 Å². The van der Waals surface area contributed by atoms with Gasteiger partial charge in [0, 0.05) is 24.9 Å². The number of hydrogen-bond donors (Lipinski definition) is 0. The molecule has 13 heavy (non-hydrogen) atoms. The van der Waals surface area contributed by atoms with Crippen LogP contribution >= 0.6 is 17.0 Å². The van der Waals surface area contributed by atoms with Crippen molar-refractivity contribution < 1.29 is 4.79 Å². The minimum absolute atomic E-state index is 0. The normalized spacial score (nSPS) is 14.5. The third kappa shape index (κ3) is 3.59. The number of halogens is 1. The number of nitrogens with zero attached hydrogens (tertiary/aromatic N) is 1. The summed E-state index contributed by atoms with van der Waals surface area (Å²) in [6.45, 7) is 6.86. The van der Waals surface area contributed by atoms with E-state index >= 15 is 0 Å². The molecule has 0 amide bonds. The molecule has 0 aromatic rings. The van der Waals surface area contributed by atoms with Gasteiger partial charge in [0.2, 0.25) is 0 Å². The Morgan fingerprint density at radius 3 is 2.85 bits per heavy atom. The molecule has 1 heterocycles. The number of Topliss-reactive ketones (excluding diaryl/α,β-unsaturated/α-hetero) is 1. The lowest BCUT2D eigenvalue weighted by Gasteiger charge is -2.19. The highest BCUT2D eigenvalue weighted by atomic mass is 79.9. The van der Waals surface area contributed by atoms with Gasteiger partial charge < -0.3 is 4.90 Å². The number of ketones is 1. The summed E-state index contributed by atoms with van der Waals surface area (Å²) in [5, 5.41) is 0. The fourth-order valence-corrected chi connectivity index (χ4v) is 1.09. The first-order valence-electron chi connectivity index (χ1n) is 3.98. The Balaban J connectivity index is 0.00000144. The summed E-state index contributed by atoms with van der Waals surface area (Å²) in [6, 6.07) is 0. The quantitative estimate of drug-likeness (QED) is 0.708. The molecule has 1 aliphatic rings. The molecular formula is C10H14BrNO. The van der Waals surface area contributed by atoms with Gasteiger partial charge in [0.1, 0.15) is 0 Å². The zero-order valence-corrected chi connectivity index (χ0v) is 9.41. The summed E-state index contributed by atoms with van der Waals surface area (Å²) in [5.41, 5.74) is 0.801. The van der Waals surface area contributed by atoms with E-state index in [1.54, 1.807) is 6.92 Å². The fourth-order valence-electron chi connectivity index (χ4n) is 1.09. The van der Waals surface area contributed by atoms with Crippen molar-refractivity contribution in [2.24, 2.45) is 0 Å². The van der Waals surface area contributed by atoms with Crippen LogP contribution < -0.4 is 0 Å². The van der Waals surface area contributed by atoms with Crippen LogP contribution in [0.3, 0.4) is 0 Å². The predicted molar refractivity (Wildman–Crippen MR) is 60.0 cm³/mol. The van der Waals surface area contributed by atoms with Crippen LogP contribution in [0, 0.1) is 0 Å².